The van der Waals surface area contributed by atoms with E-state index in [1.54, 1.807) is 12.1 Å². The van der Waals surface area contributed by atoms with Crippen LogP contribution in [0.5, 0.6) is 0 Å². The Morgan fingerprint density at radius 1 is 1.33 bits per heavy atom. The van der Waals surface area contributed by atoms with Gasteiger partial charge in [-0.25, -0.2) is 13.6 Å². The summed E-state index contributed by atoms with van der Waals surface area (Å²) < 4.78 is 22.8. The van der Waals surface area contributed by atoms with Crippen molar-refractivity contribution in [1.82, 2.24) is 0 Å². The van der Waals surface area contributed by atoms with Crippen LogP contribution < -0.4 is 10.0 Å². The van der Waals surface area contributed by atoms with Crippen molar-refractivity contribution in [3.63, 3.8) is 0 Å². The summed E-state index contributed by atoms with van der Waals surface area (Å²) in [6.07, 6.45) is 4.96. The summed E-state index contributed by atoms with van der Waals surface area (Å²) in [5.41, 5.74) is 2.30. The number of hydrogen-bond donors (Lipinski definition) is 1. The van der Waals surface area contributed by atoms with Gasteiger partial charge >= 0.3 is 0 Å². The average Bonchev–Trinajstić information content (AvgIpc) is 2.64. The van der Waals surface area contributed by atoms with Crippen molar-refractivity contribution in [3.8, 4) is 0 Å². The van der Waals surface area contributed by atoms with E-state index in [-0.39, 0.29) is 4.90 Å². The molecule has 2 aliphatic rings. The fourth-order valence-electron chi connectivity index (χ4n) is 2.78. The third kappa shape index (κ3) is 2.12. The van der Waals surface area contributed by atoms with E-state index in [2.05, 4.69) is 4.90 Å². The van der Waals surface area contributed by atoms with Gasteiger partial charge in [0.05, 0.1) is 4.90 Å². The Morgan fingerprint density at radius 2 is 2.11 bits per heavy atom. The van der Waals surface area contributed by atoms with E-state index in [0.717, 1.165) is 31.1 Å². The van der Waals surface area contributed by atoms with Crippen LogP contribution in [0.4, 0.5) is 5.69 Å². The zero-order valence-electron chi connectivity index (χ0n) is 10.3. The highest BCUT2D eigenvalue weighted by atomic mass is 32.2. The Kier molecular flexibility index (Phi) is 2.83. The van der Waals surface area contributed by atoms with Gasteiger partial charge in [0.2, 0.25) is 10.0 Å². The van der Waals surface area contributed by atoms with Gasteiger partial charge in [0.15, 0.2) is 0 Å². The monoisotopic (exact) mass is 266 g/mol. The normalized spacial score (nSPS) is 19.7. The van der Waals surface area contributed by atoms with Gasteiger partial charge in [-0.15, -0.1) is 0 Å². The highest BCUT2D eigenvalue weighted by Crippen LogP contribution is 2.34. The van der Waals surface area contributed by atoms with Crippen molar-refractivity contribution in [1.29, 1.82) is 0 Å². The number of anilines is 1. The summed E-state index contributed by atoms with van der Waals surface area (Å²) in [4.78, 5) is 2.54. The third-order valence-electron chi connectivity index (χ3n) is 4.08. The number of benzene rings is 1. The van der Waals surface area contributed by atoms with E-state index in [9.17, 15) is 8.42 Å². The molecule has 1 fully saturated rings. The van der Waals surface area contributed by atoms with E-state index in [1.165, 1.54) is 24.8 Å². The van der Waals surface area contributed by atoms with Crippen LogP contribution in [0, 0.1) is 5.92 Å². The number of nitrogens with two attached hydrogens (primary N) is 1. The molecule has 1 heterocycles. The second kappa shape index (κ2) is 4.24. The summed E-state index contributed by atoms with van der Waals surface area (Å²) >= 11 is 0. The lowest BCUT2D eigenvalue weighted by molar-refractivity contribution is 0.319. The molecule has 0 atom stereocenters. The molecule has 1 aliphatic carbocycles. The molecule has 1 aliphatic heterocycles. The molecule has 2 N–H and O–H groups in total. The molecular formula is C13H18N2O2S. The van der Waals surface area contributed by atoms with Crippen molar-refractivity contribution < 1.29 is 8.42 Å². The highest BCUT2D eigenvalue weighted by Gasteiger charge is 2.26. The minimum atomic E-state index is -3.59. The van der Waals surface area contributed by atoms with Crippen LogP contribution in [0.25, 0.3) is 0 Å². The molecule has 98 valence electrons. The minimum absolute atomic E-state index is 0.224. The molecule has 1 aromatic rings. The van der Waals surface area contributed by atoms with Crippen molar-refractivity contribution in [2.75, 3.05) is 18.0 Å². The predicted octanol–water partition coefficient (Wildman–Crippen LogP) is 1.50. The minimum Gasteiger partial charge on any atom is -0.371 e. The first-order valence-corrected chi connectivity index (χ1v) is 7.99. The number of rotatable bonds is 3. The Bertz CT molecular complexity index is 564. The summed E-state index contributed by atoms with van der Waals surface area (Å²) in [5.74, 6) is 0.786. The molecule has 0 unspecified atom stereocenters. The van der Waals surface area contributed by atoms with Gasteiger partial charge in [0, 0.05) is 18.8 Å². The molecule has 0 spiro atoms. The number of hydrogen-bond acceptors (Lipinski definition) is 3. The largest absolute Gasteiger partial charge is 0.371 e. The predicted molar refractivity (Wildman–Crippen MR) is 71.1 cm³/mol. The topological polar surface area (TPSA) is 63.4 Å². The molecule has 5 heteroatoms. The standard InChI is InChI=1S/C13H18N2O2S/c14-18(16,17)12-5-4-11-6-7-15(13(11)8-12)9-10-2-1-3-10/h4-5,8,10H,1-3,6-7,9H2,(H2,14,16,17). The molecule has 3 rings (SSSR count). The van der Waals surface area contributed by atoms with Gasteiger partial charge in [0.25, 0.3) is 0 Å². The quantitative estimate of drug-likeness (QED) is 0.901. The summed E-state index contributed by atoms with van der Waals surface area (Å²) in [5, 5.41) is 5.19. The van der Waals surface area contributed by atoms with Crippen LogP contribution in [-0.4, -0.2) is 21.5 Å². The zero-order valence-corrected chi connectivity index (χ0v) is 11.1. The number of sulfonamides is 1. The van der Waals surface area contributed by atoms with Crippen LogP contribution in [-0.2, 0) is 16.4 Å². The molecule has 0 aromatic heterocycles. The Hall–Kier alpha value is -1.07. The van der Waals surface area contributed by atoms with Crippen LogP contribution >= 0.6 is 0 Å². The number of fused-ring (bicyclic) bond motifs is 1. The van der Waals surface area contributed by atoms with E-state index >= 15 is 0 Å². The Labute approximate surface area is 108 Å². The van der Waals surface area contributed by atoms with Crippen LogP contribution in [0.3, 0.4) is 0 Å². The zero-order chi connectivity index (χ0) is 12.8. The smallest absolute Gasteiger partial charge is 0.238 e. The van der Waals surface area contributed by atoms with Gasteiger partial charge in [-0.1, -0.05) is 12.5 Å². The molecule has 0 bridgehead atoms. The molecule has 18 heavy (non-hydrogen) atoms. The van der Waals surface area contributed by atoms with E-state index in [4.69, 9.17) is 5.14 Å². The van der Waals surface area contributed by atoms with Crippen LogP contribution in [0.1, 0.15) is 24.8 Å². The lowest BCUT2D eigenvalue weighted by Crippen LogP contribution is -2.31. The van der Waals surface area contributed by atoms with Crippen LogP contribution in [0.15, 0.2) is 23.1 Å². The first-order chi connectivity index (χ1) is 8.54. The summed E-state index contributed by atoms with van der Waals surface area (Å²) in [6, 6.07) is 5.24. The summed E-state index contributed by atoms with van der Waals surface area (Å²) in [6.45, 7) is 2.06. The second-order valence-electron chi connectivity index (χ2n) is 5.33. The Morgan fingerprint density at radius 3 is 2.72 bits per heavy atom. The maximum Gasteiger partial charge on any atom is 0.238 e. The van der Waals surface area contributed by atoms with E-state index in [0.29, 0.717) is 0 Å². The lowest BCUT2D eigenvalue weighted by Gasteiger charge is -2.31. The second-order valence-corrected chi connectivity index (χ2v) is 6.89. The molecular weight excluding hydrogens is 248 g/mol. The molecule has 1 aromatic carbocycles. The molecule has 0 amide bonds. The number of primary sulfonamides is 1. The van der Waals surface area contributed by atoms with Gasteiger partial charge in [-0.05, 0) is 42.9 Å². The maximum atomic E-state index is 11.4. The molecule has 0 radical (unpaired) electrons. The Balaban J connectivity index is 1.88. The first kappa shape index (κ1) is 12.0. The van der Waals surface area contributed by atoms with Crippen molar-refractivity contribution >= 4 is 15.7 Å². The first-order valence-electron chi connectivity index (χ1n) is 6.45. The van der Waals surface area contributed by atoms with Gasteiger partial charge in [0.1, 0.15) is 0 Å². The van der Waals surface area contributed by atoms with Crippen molar-refractivity contribution in [2.24, 2.45) is 11.1 Å². The average molecular weight is 266 g/mol. The maximum absolute atomic E-state index is 11.4. The van der Waals surface area contributed by atoms with Crippen molar-refractivity contribution in [3.05, 3.63) is 23.8 Å². The van der Waals surface area contributed by atoms with Crippen LogP contribution in [0.2, 0.25) is 0 Å². The van der Waals surface area contributed by atoms with Crippen molar-refractivity contribution in [2.45, 2.75) is 30.6 Å². The SMILES string of the molecule is NS(=O)(=O)c1ccc2c(c1)N(CC1CCC1)CC2. The highest BCUT2D eigenvalue weighted by molar-refractivity contribution is 7.89. The third-order valence-corrected chi connectivity index (χ3v) is 4.99. The van der Waals surface area contributed by atoms with Gasteiger partial charge in [-0.2, -0.15) is 0 Å². The fraction of sp³-hybridized carbons (Fsp3) is 0.538. The molecule has 0 saturated heterocycles. The fourth-order valence-corrected chi connectivity index (χ4v) is 3.31. The lowest BCUT2D eigenvalue weighted by atomic mass is 9.85. The molecule has 1 saturated carbocycles. The molecule has 4 nitrogen and oxygen atoms in total. The van der Waals surface area contributed by atoms with E-state index < -0.39 is 10.0 Å². The van der Waals surface area contributed by atoms with E-state index in [1.807, 2.05) is 6.07 Å². The number of nitrogens with zero attached hydrogens (tertiary/aromatic N) is 1. The van der Waals surface area contributed by atoms with Gasteiger partial charge < -0.3 is 4.90 Å². The van der Waals surface area contributed by atoms with Gasteiger partial charge in [-0.3, -0.25) is 0 Å². The summed E-state index contributed by atoms with van der Waals surface area (Å²) in [7, 11) is -3.59.